The molecular formula is C17H26N2O2. The van der Waals surface area contributed by atoms with Crippen molar-refractivity contribution in [1.82, 2.24) is 5.32 Å². The number of rotatable bonds is 6. The van der Waals surface area contributed by atoms with E-state index in [2.05, 4.69) is 19.2 Å². The van der Waals surface area contributed by atoms with Crippen LogP contribution in [0.25, 0.3) is 0 Å². The van der Waals surface area contributed by atoms with Crippen LogP contribution < -0.4 is 10.2 Å². The van der Waals surface area contributed by atoms with Gasteiger partial charge in [-0.3, -0.25) is 9.59 Å². The van der Waals surface area contributed by atoms with Gasteiger partial charge in [-0.15, -0.1) is 0 Å². The van der Waals surface area contributed by atoms with Crippen LogP contribution in [0.2, 0.25) is 0 Å². The third-order valence-electron chi connectivity index (χ3n) is 3.37. The van der Waals surface area contributed by atoms with E-state index in [9.17, 15) is 9.59 Å². The molecule has 0 atom stereocenters. The van der Waals surface area contributed by atoms with Crippen LogP contribution in [-0.4, -0.2) is 24.9 Å². The molecule has 4 heteroatoms. The highest BCUT2D eigenvalue weighted by molar-refractivity contribution is 5.98. The first kappa shape index (κ1) is 17.2. The van der Waals surface area contributed by atoms with Gasteiger partial charge in [-0.25, -0.2) is 0 Å². The molecule has 0 fully saturated rings. The van der Waals surface area contributed by atoms with Crippen molar-refractivity contribution in [2.75, 3.05) is 18.0 Å². The van der Waals surface area contributed by atoms with Crippen molar-refractivity contribution in [2.45, 2.75) is 41.0 Å². The minimum Gasteiger partial charge on any atom is -0.355 e. The van der Waals surface area contributed by atoms with Gasteiger partial charge in [0, 0.05) is 19.2 Å². The van der Waals surface area contributed by atoms with E-state index in [1.165, 1.54) is 11.8 Å². The van der Waals surface area contributed by atoms with Crippen molar-refractivity contribution in [3.63, 3.8) is 0 Å². The van der Waals surface area contributed by atoms with E-state index in [-0.39, 0.29) is 18.4 Å². The molecule has 0 radical (unpaired) electrons. The molecule has 0 spiro atoms. The number of nitrogens with zero attached hydrogens (tertiary/aromatic N) is 1. The van der Waals surface area contributed by atoms with Gasteiger partial charge < -0.3 is 10.2 Å². The number of aryl methyl sites for hydroxylation is 2. The average molecular weight is 290 g/mol. The second kappa shape index (κ2) is 7.81. The minimum atomic E-state index is -0.124. The fraction of sp³-hybridized carbons (Fsp3) is 0.529. The molecule has 0 aliphatic heterocycles. The van der Waals surface area contributed by atoms with Gasteiger partial charge in [-0.2, -0.15) is 0 Å². The Morgan fingerprint density at radius 3 is 2.43 bits per heavy atom. The van der Waals surface area contributed by atoms with Crippen LogP contribution in [-0.2, 0) is 9.59 Å². The number of hydrogen-bond donors (Lipinski definition) is 1. The van der Waals surface area contributed by atoms with Crippen molar-refractivity contribution in [3.8, 4) is 0 Å². The monoisotopic (exact) mass is 290 g/mol. The molecule has 2 amide bonds. The van der Waals surface area contributed by atoms with Gasteiger partial charge in [0.05, 0.1) is 0 Å². The second-order valence-corrected chi connectivity index (χ2v) is 5.93. The first-order valence-electron chi connectivity index (χ1n) is 7.43. The molecule has 0 saturated heterocycles. The van der Waals surface area contributed by atoms with E-state index >= 15 is 0 Å². The summed E-state index contributed by atoms with van der Waals surface area (Å²) in [7, 11) is 0. The third-order valence-corrected chi connectivity index (χ3v) is 3.37. The van der Waals surface area contributed by atoms with E-state index < -0.39 is 0 Å². The van der Waals surface area contributed by atoms with Crippen molar-refractivity contribution in [2.24, 2.45) is 5.92 Å². The summed E-state index contributed by atoms with van der Waals surface area (Å²) in [4.78, 5) is 25.4. The topological polar surface area (TPSA) is 49.4 Å². The molecule has 1 rings (SSSR count). The van der Waals surface area contributed by atoms with Crippen LogP contribution in [0.4, 0.5) is 5.69 Å². The summed E-state index contributed by atoms with van der Waals surface area (Å²) in [5.74, 6) is 0.306. The maximum atomic E-state index is 12.0. The van der Waals surface area contributed by atoms with Crippen LogP contribution in [0.5, 0.6) is 0 Å². The van der Waals surface area contributed by atoms with E-state index in [0.717, 1.165) is 23.2 Å². The van der Waals surface area contributed by atoms with Crippen molar-refractivity contribution < 1.29 is 9.59 Å². The number of benzene rings is 1. The largest absolute Gasteiger partial charge is 0.355 e. The number of anilines is 1. The van der Waals surface area contributed by atoms with Gasteiger partial charge in [0.1, 0.15) is 6.54 Å². The molecular weight excluding hydrogens is 264 g/mol. The van der Waals surface area contributed by atoms with Crippen LogP contribution in [0.1, 0.15) is 38.3 Å². The zero-order valence-corrected chi connectivity index (χ0v) is 13.7. The summed E-state index contributed by atoms with van der Waals surface area (Å²) in [5, 5.41) is 2.87. The fourth-order valence-corrected chi connectivity index (χ4v) is 2.17. The Morgan fingerprint density at radius 1 is 1.24 bits per heavy atom. The standard InChI is InChI=1S/C17H26N2O2/c1-12(2)8-9-18-17(21)11-19(15(5)20)16-7-6-13(3)10-14(16)4/h6-7,10,12H,8-9,11H2,1-5H3,(H,18,21). The molecule has 0 aliphatic rings. The average Bonchev–Trinajstić information content (AvgIpc) is 2.36. The van der Waals surface area contributed by atoms with Gasteiger partial charge in [-0.1, -0.05) is 31.5 Å². The van der Waals surface area contributed by atoms with Crippen molar-refractivity contribution in [3.05, 3.63) is 29.3 Å². The zero-order chi connectivity index (χ0) is 16.0. The molecule has 4 nitrogen and oxygen atoms in total. The molecule has 1 aromatic carbocycles. The van der Waals surface area contributed by atoms with Gasteiger partial charge in [0.2, 0.25) is 11.8 Å². The molecule has 0 aromatic heterocycles. The van der Waals surface area contributed by atoms with Gasteiger partial charge >= 0.3 is 0 Å². The first-order chi connectivity index (χ1) is 9.81. The summed E-state index contributed by atoms with van der Waals surface area (Å²) in [6.45, 7) is 10.4. The molecule has 21 heavy (non-hydrogen) atoms. The minimum absolute atomic E-state index is 0.0668. The first-order valence-corrected chi connectivity index (χ1v) is 7.43. The lowest BCUT2D eigenvalue weighted by Gasteiger charge is -2.23. The normalized spacial score (nSPS) is 10.6. The van der Waals surface area contributed by atoms with Gasteiger partial charge in [-0.05, 0) is 37.8 Å². The fourth-order valence-electron chi connectivity index (χ4n) is 2.17. The number of amides is 2. The number of carbonyl (C=O) groups is 2. The molecule has 0 bridgehead atoms. The molecule has 116 valence electrons. The molecule has 1 aromatic rings. The van der Waals surface area contributed by atoms with Crippen molar-refractivity contribution >= 4 is 17.5 Å². The van der Waals surface area contributed by atoms with Gasteiger partial charge in [0.25, 0.3) is 0 Å². The Labute approximate surface area is 127 Å². The predicted octanol–water partition coefficient (Wildman–Crippen LogP) is 2.82. The Kier molecular flexibility index (Phi) is 6.40. The Balaban J connectivity index is 2.74. The van der Waals surface area contributed by atoms with E-state index in [4.69, 9.17) is 0 Å². The number of carbonyl (C=O) groups excluding carboxylic acids is 2. The molecule has 0 heterocycles. The smallest absolute Gasteiger partial charge is 0.240 e. The summed E-state index contributed by atoms with van der Waals surface area (Å²) in [5.41, 5.74) is 2.94. The molecule has 1 N–H and O–H groups in total. The molecule has 0 saturated carbocycles. The van der Waals surface area contributed by atoms with Gasteiger partial charge in [0.15, 0.2) is 0 Å². The SMILES string of the molecule is CC(=O)N(CC(=O)NCCC(C)C)c1ccc(C)cc1C. The Hall–Kier alpha value is -1.84. The summed E-state index contributed by atoms with van der Waals surface area (Å²) < 4.78 is 0. The second-order valence-electron chi connectivity index (χ2n) is 5.93. The number of hydrogen-bond acceptors (Lipinski definition) is 2. The van der Waals surface area contributed by atoms with Crippen molar-refractivity contribution in [1.29, 1.82) is 0 Å². The lowest BCUT2D eigenvalue weighted by atomic mass is 10.1. The van der Waals surface area contributed by atoms with Crippen LogP contribution >= 0.6 is 0 Å². The predicted molar refractivity (Wildman–Crippen MR) is 86.4 cm³/mol. The lowest BCUT2D eigenvalue weighted by molar-refractivity contribution is -0.123. The van der Waals surface area contributed by atoms with E-state index in [1.807, 2.05) is 32.0 Å². The zero-order valence-electron chi connectivity index (χ0n) is 13.7. The summed E-state index contributed by atoms with van der Waals surface area (Å²) in [6.07, 6.45) is 0.940. The Bertz CT molecular complexity index is 510. The summed E-state index contributed by atoms with van der Waals surface area (Å²) in [6, 6.07) is 5.87. The number of nitrogens with one attached hydrogen (secondary N) is 1. The van der Waals surface area contributed by atoms with Crippen LogP contribution in [0.3, 0.4) is 0 Å². The summed E-state index contributed by atoms with van der Waals surface area (Å²) >= 11 is 0. The third kappa shape index (κ3) is 5.58. The Morgan fingerprint density at radius 2 is 1.90 bits per heavy atom. The highest BCUT2D eigenvalue weighted by Gasteiger charge is 2.17. The lowest BCUT2D eigenvalue weighted by Crippen LogP contribution is -2.40. The maximum absolute atomic E-state index is 12.0. The van der Waals surface area contributed by atoms with E-state index in [0.29, 0.717) is 12.5 Å². The maximum Gasteiger partial charge on any atom is 0.240 e. The molecule has 0 aliphatic carbocycles. The highest BCUT2D eigenvalue weighted by Crippen LogP contribution is 2.21. The molecule has 0 unspecified atom stereocenters. The van der Waals surface area contributed by atoms with E-state index in [1.54, 1.807) is 0 Å². The van der Waals surface area contributed by atoms with Crippen LogP contribution in [0, 0.1) is 19.8 Å². The highest BCUT2D eigenvalue weighted by atomic mass is 16.2. The quantitative estimate of drug-likeness (QED) is 0.876. The van der Waals surface area contributed by atoms with Crippen LogP contribution in [0.15, 0.2) is 18.2 Å².